The predicted molar refractivity (Wildman–Crippen MR) is 98.9 cm³/mol. The van der Waals surface area contributed by atoms with Gasteiger partial charge in [-0.25, -0.2) is 9.97 Å². The number of nitrogens with zero attached hydrogens (tertiary/aromatic N) is 3. The zero-order chi connectivity index (χ0) is 17.2. The Morgan fingerprint density at radius 2 is 2.08 bits per heavy atom. The van der Waals surface area contributed by atoms with Crippen LogP contribution >= 0.6 is 0 Å². The number of imidazole rings is 1. The number of benzene rings is 1. The molecule has 1 aliphatic rings. The number of rotatable bonds is 5. The second-order valence-corrected chi connectivity index (χ2v) is 6.63. The highest BCUT2D eigenvalue weighted by Crippen LogP contribution is 2.25. The van der Waals surface area contributed by atoms with Gasteiger partial charge in [0, 0.05) is 18.3 Å². The second kappa shape index (κ2) is 6.72. The molecule has 0 saturated heterocycles. The first-order valence-electron chi connectivity index (χ1n) is 8.69. The molecule has 6 nitrogen and oxygen atoms in total. The molecule has 2 aromatic heterocycles. The van der Waals surface area contributed by atoms with Crippen molar-refractivity contribution in [2.45, 2.75) is 37.9 Å². The number of aromatic nitrogens is 3. The molecule has 6 heteroatoms. The fourth-order valence-electron chi connectivity index (χ4n) is 3.46. The largest absolute Gasteiger partial charge is 0.497 e. The summed E-state index contributed by atoms with van der Waals surface area (Å²) in [5.74, 6) is 1.72. The maximum absolute atomic E-state index is 6.05. The molecule has 25 heavy (non-hydrogen) atoms. The SMILES string of the molecule is COc1ccc(Cn2c(N[C@H]3CC[C@H](N)C3)nc3cccnc32)cc1. The van der Waals surface area contributed by atoms with Gasteiger partial charge in [-0.15, -0.1) is 0 Å². The number of nitrogens with two attached hydrogens (primary N) is 1. The minimum atomic E-state index is 0.287. The third-order valence-corrected chi connectivity index (χ3v) is 4.81. The van der Waals surface area contributed by atoms with Crippen molar-refractivity contribution in [3.8, 4) is 5.75 Å². The van der Waals surface area contributed by atoms with Crippen LogP contribution < -0.4 is 15.8 Å². The van der Waals surface area contributed by atoms with Gasteiger partial charge >= 0.3 is 0 Å². The van der Waals surface area contributed by atoms with Crippen molar-refractivity contribution in [1.29, 1.82) is 0 Å². The summed E-state index contributed by atoms with van der Waals surface area (Å²) in [6, 6.07) is 12.7. The van der Waals surface area contributed by atoms with E-state index in [2.05, 4.69) is 27.0 Å². The normalized spacial score (nSPS) is 20.1. The van der Waals surface area contributed by atoms with Crippen LogP contribution in [0.15, 0.2) is 42.6 Å². The van der Waals surface area contributed by atoms with Crippen molar-refractivity contribution in [2.24, 2.45) is 5.73 Å². The summed E-state index contributed by atoms with van der Waals surface area (Å²) in [7, 11) is 1.68. The number of fused-ring (bicyclic) bond motifs is 1. The lowest BCUT2D eigenvalue weighted by molar-refractivity contribution is 0.414. The summed E-state index contributed by atoms with van der Waals surface area (Å²) in [5.41, 5.74) is 9.02. The van der Waals surface area contributed by atoms with Gasteiger partial charge in [0.05, 0.1) is 13.7 Å². The van der Waals surface area contributed by atoms with Gasteiger partial charge in [0.25, 0.3) is 0 Å². The Balaban J connectivity index is 1.66. The average Bonchev–Trinajstić information content (AvgIpc) is 3.20. The summed E-state index contributed by atoms with van der Waals surface area (Å²) in [5, 5.41) is 3.58. The minimum Gasteiger partial charge on any atom is -0.497 e. The van der Waals surface area contributed by atoms with Crippen molar-refractivity contribution in [1.82, 2.24) is 14.5 Å². The molecule has 3 N–H and O–H groups in total. The molecule has 1 saturated carbocycles. The third kappa shape index (κ3) is 3.30. The van der Waals surface area contributed by atoms with Crippen molar-refractivity contribution in [3.05, 3.63) is 48.2 Å². The maximum Gasteiger partial charge on any atom is 0.205 e. The molecule has 2 atom stereocenters. The van der Waals surface area contributed by atoms with E-state index in [0.29, 0.717) is 12.6 Å². The summed E-state index contributed by atoms with van der Waals surface area (Å²) in [6.07, 6.45) is 4.94. The summed E-state index contributed by atoms with van der Waals surface area (Å²) >= 11 is 0. The van der Waals surface area contributed by atoms with Gasteiger partial charge in [-0.05, 0) is 49.1 Å². The monoisotopic (exact) mass is 337 g/mol. The molecule has 3 aromatic rings. The first kappa shape index (κ1) is 15.9. The lowest BCUT2D eigenvalue weighted by Crippen LogP contribution is -2.22. The molecule has 130 valence electrons. The molecule has 0 amide bonds. The number of nitrogens with one attached hydrogen (secondary N) is 1. The highest BCUT2D eigenvalue weighted by Gasteiger charge is 2.23. The van der Waals surface area contributed by atoms with Crippen LogP contribution in [0.2, 0.25) is 0 Å². The fraction of sp³-hybridized carbons (Fsp3) is 0.368. The van der Waals surface area contributed by atoms with Gasteiger partial charge in [-0.1, -0.05) is 12.1 Å². The number of methoxy groups -OCH3 is 1. The third-order valence-electron chi connectivity index (χ3n) is 4.81. The Hall–Kier alpha value is -2.60. The minimum absolute atomic E-state index is 0.287. The van der Waals surface area contributed by atoms with Crippen LogP contribution in [-0.2, 0) is 6.54 Å². The molecule has 1 aromatic carbocycles. The zero-order valence-corrected chi connectivity index (χ0v) is 14.4. The van der Waals surface area contributed by atoms with Crippen LogP contribution in [0, 0.1) is 0 Å². The summed E-state index contributed by atoms with van der Waals surface area (Å²) < 4.78 is 7.38. The average molecular weight is 337 g/mol. The highest BCUT2D eigenvalue weighted by atomic mass is 16.5. The van der Waals surface area contributed by atoms with E-state index in [1.807, 2.05) is 30.5 Å². The molecule has 0 spiro atoms. The quantitative estimate of drug-likeness (QED) is 0.748. The van der Waals surface area contributed by atoms with Gasteiger partial charge in [0.1, 0.15) is 11.3 Å². The number of hydrogen-bond acceptors (Lipinski definition) is 5. The van der Waals surface area contributed by atoms with E-state index in [0.717, 1.165) is 42.1 Å². The van der Waals surface area contributed by atoms with E-state index >= 15 is 0 Å². The molecule has 1 fully saturated rings. The molecular weight excluding hydrogens is 314 g/mol. The fourth-order valence-corrected chi connectivity index (χ4v) is 3.46. The number of anilines is 1. The second-order valence-electron chi connectivity index (χ2n) is 6.63. The Labute approximate surface area is 147 Å². The first-order valence-corrected chi connectivity index (χ1v) is 8.69. The van der Waals surface area contributed by atoms with E-state index in [-0.39, 0.29) is 6.04 Å². The summed E-state index contributed by atoms with van der Waals surface area (Å²) in [4.78, 5) is 9.29. The Kier molecular flexibility index (Phi) is 4.28. The Bertz CT molecular complexity index is 858. The maximum atomic E-state index is 6.05. The first-order chi connectivity index (χ1) is 12.2. The van der Waals surface area contributed by atoms with E-state index in [1.165, 1.54) is 5.56 Å². The van der Waals surface area contributed by atoms with Crippen molar-refractivity contribution < 1.29 is 4.74 Å². The smallest absolute Gasteiger partial charge is 0.205 e. The lowest BCUT2D eigenvalue weighted by atomic mass is 10.2. The topological polar surface area (TPSA) is 78.0 Å². The van der Waals surface area contributed by atoms with Crippen LogP contribution in [0.25, 0.3) is 11.2 Å². The van der Waals surface area contributed by atoms with Gasteiger partial charge in [-0.3, -0.25) is 4.57 Å². The van der Waals surface area contributed by atoms with E-state index < -0.39 is 0 Å². The van der Waals surface area contributed by atoms with Crippen LogP contribution in [0.4, 0.5) is 5.95 Å². The number of pyridine rings is 1. The zero-order valence-electron chi connectivity index (χ0n) is 14.4. The molecular formula is C19H23N5O. The van der Waals surface area contributed by atoms with E-state index in [1.54, 1.807) is 7.11 Å². The Morgan fingerprint density at radius 1 is 1.24 bits per heavy atom. The Morgan fingerprint density at radius 3 is 2.80 bits per heavy atom. The van der Waals surface area contributed by atoms with Gasteiger partial charge in [0.2, 0.25) is 5.95 Å². The van der Waals surface area contributed by atoms with Gasteiger partial charge in [-0.2, -0.15) is 0 Å². The molecule has 1 aliphatic carbocycles. The van der Waals surface area contributed by atoms with E-state index in [4.69, 9.17) is 15.5 Å². The molecule has 0 radical (unpaired) electrons. The molecule has 0 aliphatic heterocycles. The van der Waals surface area contributed by atoms with Gasteiger partial charge in [0.15, 0.2) is 5.65 Å². The van der Waals surface area contributed by atoms with Crippen molar-refractivity contribution in [2.75, 3.05) is 12.4 Å². The van der Waals surface area contributed by atoms with Gasteiger partial charge < -0.3 is 15.8 Å². The standard InChI is InChI=1S/C19H23N5O/c1-25-16-8-4-13(5-9-16)12-24-18-17(3-2-10-21-18)23-19(24)22-15-7-6-14(20)11-15/h2-5,8-10,14-15H,6-7,11-12,20H2,1H3,(H,22,23)/t14-,15-/m0/s1. The molecule has 4 rings (SSSR count). The summed E-state index contributed by atoms with van der Waals surface area (Å²) in [6.45, 7) is 0.707. The molecule has 0 bridgehead atoms. The van der Waals surface area contributed by atoms with Crippen LogP contribution in [0.3, 0.4) is 0 Å². The number of ether oxygens (including phenoxy) is 1. The van der Waals surface area contributed by atoms with E-state index in [9.17, 15) is 0 Å². The van der Waals surface area contributed by atoms with Crippen LogP contribution in [-0.4, -0.2) is 33.7 Å². The molecule has 0 unspecified atom stereocenters. The van der Waals surface area contributed by atoms with Crippen LogP contribution in [0.1, 0.15) is 24.8 Å². The molecule has 2 heterocycles. The van der Waals surface area contributed by atoms with Crippen molar-refractivity contribution in [3.63, 3.8) is 0 Å². The van der Waals surface area contributed by atoms with Crippen LogP contribution in [0.5, 0.6) is 5.75 Å². The van der Waals surface area contributed by atoms with Crippen molar-refractivity contribution >= 4 is 17.1 Å². The predicted octanol–water partition coefficient (Wildman–Crippen LogP) is 2.78. The lowest BCUT2D eigenvalue weighted by Gasteiger charge is -2.15. The highest BCUT2D eigenvalue weighted by molar-refractivity contribution is 5.74. The number of hydrogen-bond donors (Lipinski definition) is 2.